The Morgan fingerprint density at radius 3 is 2.33 bits per heavy atom. The molecule has 0 aliphatic heterocycles. The van der Waals surface area contributed by atoms with E-state index in [1.54, 1.807) is 0 Å². The average Bonchev–Trinajstić information content (AvgIpc) is 2.70. The third-order valence-electron chi connectivity index (χ3n) is 7.30. The highest BCUT2D eigenvalue weighted by Gasteiger charge is 2.59. The summed E-state index contributed by atoms with van der Waals surface area (Å²) >= 11 is 0. The van der Waals surface area contributed by atoms with Crippen LogP contribution in [0.5, 0.6) is 0 Å². The maximum atomic E-state index is 11.3. The third-order valence-corrected chi connectivity index (χ3v) is 7.30. The minimum absolute atomic E-state index is 0.00753. The van der Waals surface area contributed by atoms with Crippen LogP contribution in [0.4, 0.5) is 0 Å². The first-order valence-electron chi connectivity index (χ1n) is 8.37. The molecule has 4 heteroatoms. The molecule has 0 aromatic carbocycles. The molecular weight excluding hydrogens is 268 g/mol. The first-order valence-corrected chi connectivity index (χ1v) is 8.37. The fraction of sp³-hybridized carbons (Fsp3) is 0.941. The van der Waals surface area contributed by atoms with Crippen molar-refractivity contribution in [3.05, 3.63) is 0 Å². The first kappa shape index (κ1) is 15.3. The monoisotopic (exact) mass is 296 g/mol. The van der Waals surface area contributed by atoms with Crippen LogP contribution in [0.2, 0.25) is 0 Å². The first-order chi connectivity index (χ1) is 9.79. The molecule has 0 radical (unpaired) electrons. The highest BCUT2D eigenvalue weighted by molar-refractivity contribution is 5.68. The zero-order valence-electron chi connectivity index (χ0n) is 13.1. The number of carbonyl (C=O) groups is 1. The maximum Gasteiger partial charge on any atom is 0.304 e. The lowest BCUT2D eigenvalue weighted by atomic mass is 9.49. The summed E-state index contributed by atoms with van der Waals surface area (Å²) in [5, 5.41) is 30.1. The number of rotatable bonds is 2. The van der Waals surface area contributed by atoms with Gasteiger partial charge in [0.2, 0.25) is 0 Å². The van der Waals surface area contributed by atoms with Gasteiger partial charge in [-0.05, 0) is 61.7 Å². The fourth-order valence-corrected chi connectivity index (χ4v) is 5.98. The zero-order chi connectivity index (χ0) is 15.4. The molecule has 0 amide bonds. The standard InChI is InChI=1S/C17H28O4/c1-16-8-7-12-10(11(16)4-6-13(16)18)3-5-14(19)17(12,2)9-15(20)21/h10-14,18-19H,3-9H2,1-2H3,(H,20,21)/t10-,11+,12-,13-,14+,16+,17-/m1/s1. The van der Waals surface area contributed by atoms with Crippen LogP contribution in [0, 0.1) is 28.6 Å². The predicted molar refractivity (Wildman–Crippen MR) is 78.7 cm³/mol. The van der Waals surface area contributed by atoms with Crippen molar-refractivity contribution in [3.63, 3.8) is 0 Å². The van der Waals surface area contributed by atoms with Gasteiger partial charge >= 0.3 is 5.97 Å². The lowest BCUT2D eigenvalue weighted by molar-refractivity contribution is -0.159. The number of carboxylic acids is 1. The summed E-state index contributed by atoms with van der Waals surface area (Å²) in [6, 6.07) is 0. The molecule has 0 saturated heterocycles. The SMILES string of the molecule is C[C@@]1(CC(=O)O)[C@@H]2CC[C@]3(C)[C@H](O)CC[C@H]3[C@H]2CC[C@@H]1O. The molecule has 0 spiro atoms. The molecule has 3 rings (SSSR count). The lowest BCUT2D eigenvalue weighted by Gasteiger charge is -2.57. The van der Waals surface area contributed by atoms with E-state index < -0.39 is 17.5 Å². The van der Waals surface area contributed by atoms with Crippen LogP contribution in [-0.2, 0) is 4.79 Å². The summed E-state index contributed by atoms with van der Waals surface area (Å²) < 4.78 is 0. The number of hydrogen-bond acceptors (Lipinski definition) is 3. The van der Waals surface area contributed by atoms with Crippen LogP contribution in [0.15, 0.2) is 0 Å². The van der Waals surface area contributed by atoms with Gasteiger partial charge in [-0.25, -0.2) is 0 Å². The smallest absolute Gasteiger partial charge is 0.304 e. The van der Waals surface area contributed by atoms with Gasteiger partial charge in [-0.1, -0.05) is 13.8 Å². The summed E-state index contributed by atoms with van der Waals surface area (Å²) in [5.74, 6) is 0.429. The van der Waals surface area contributed by atoms with Crippen LogP contribution in [0.1, 0.15) is 58.8 Å². The molecule has 7 atom stereocenters. The van der Waals surface area contributed by atoms with Crippen LogP contribution in [0.25, 0.3) is 0 Å². The zero-order valence-corrected chi connectivity index (χ0v) is 13.1. The molecule has 0 bridgehead atoms. The van der Waals surface area contributed by atoms with E-state index in [4.69, 9.17) is 0 Å². The molecule has 3 aliphatic rings. The number of hydrogen-bond donors (Lipinski definition) is 3. The topological polar surface area (TPSA) is 77.8 Å². The van der Waals surface area contributed by atoms with E-state index in [1.807, 2.05) is 6.92 Å². The van der Waals surface area contributed by atoms with Crippen LogP contribution >= 0.6 is 0 Å². The number of aliphatic hydroxyl groups is 2. The van der Waals surface area contributed by atoms with Gasteiger partial charge in [0, 0.05) is 5.41 Å². The van der Waals surface area contributed by atoms with E-state index >= 15 is 0 Å². The van der Waals surface area contributed by atoms with Crippen molar-refractivity contribution < 1.29 is 20.1 Å². The molecule has 0 aromatic heterocycles. The van der Waals surface area contributed by atoms with Crippen LogP contribution < -0.4 is 0 Å². The van der Waals surface area contributed by atoms with Gasteiger partial charge in [0.15, 0.2) is 0 Å². The molecule has 0 heterocycles. The summed E-state index contributed by atoms with van der Waals surface area (Å²) in [7, 11) is 0. The van der Waals surface area contributed by atoms with Crippen molar-refractivity contribution in [1.82, 2.24) is 0 Å². The highest BCUT2D eigenvalue weighted by atomic mass is 16.4. The number of fused-ring (bicyclic) bond motifs is 3. The van der Waals surface area contributed by atoms with Gasteiger partial charge in [-0.15, -0.1) is 0 Å². The second-order valence-corrected chi connectivity index (χ2v) is 8.18. The highest BCUT2D eigenvalue weighted by Crippen LogP contribution is 2.63. The maximum absolute atomic E-state index is 11.3. The van der Waals surface area contributed by atoms with Crippen molar-refractivity contribution in [3.8, 4) is 0 Å². The molecule has 3 N–H and O–H groups in total. The van der Waals surface area contributed by atoms with Crippen LogP contribution in [-0.4, -0.2) is 33.5 Å². The van der Waals surface area contributed by atoms with E-state index in [1.165, 1.54) is 0 Å². The largest absolute Gasteiger partial charge is 0.481 e. The molecule has 0 unspecified atom stereocenters. The summed E-state index contributed by atoms with van der Waals surface area (Å²) in [5.41, 5.74) is -0.503. The molecule has 120 valence electrons. The third kappa shape index (κ3) is 2.14. The van der Waals surface area contributed by atoms with Crippen molar-refractivity contribution >= 4 is 5.97 Å². The Hall–Kier alpha value is -0.610. The Morgan fingerprint density at radius 1 is 1.00 bits per heavy atom. The van der Waals surface area contributed by atoms with E-state index in [0.29, 0.717) is 18.3 Å². The quantitative estimate of drug-likeness (QED) is 0.731. The number of aliphatic carboxylic acids is 1. The lowest BCUT2D eigenvalue weighted by Crippen LogP contribution is -2.54. The van der Waals surface area contributed by atoms with Gasteiger partial charge < -0.3 is 15.3 Å². The Kier molecular flexibility index (Phi) is 3.61. The predicted octanol–water partition coefficient (Wildman–Crippen LogP) is 2.43. The van der Waals surface area contributed by atoms with Gasteiger partial charge in [0.25, 0.3) is 0 Å². The Bertz CT molecular complexity index is 437. The number of aliphatic hydroxyl groups excluding tert-OH is 2. The van der Waals surface area contributed by atoms with Gasteiger partial charge in [0.1, 0.15) is 0 Å². The molecule has 4 nitrogen and oxygen atoms in total. The molecule has 3 aliphatic carbocycles. The molecule has 3 saturated carbocycles. The van der Waals surface area contributed by atoms with Crippen molar-refractivity contribution in [2.24, 2.45) is 28.6 Å². The summed E-state index contributed by atoms with van der Waals surface area (Å²) in [4.78, 5) is 11.3. The normalized spacial score (nSPS) is 53.0. The summed E-state index contributed by atoms with van der Waals surface area (Å²) in [6.07, 6.45) is 4.85. The van der Waals surface area contributed by atoms with Crippen molar-refractivity contribution in [2.75, 3.05) is 0 Å². The Morgan fingerprint density at radius 2 is 1.67 bits per heavy atom. The number of carboxylic acid groups (broad SMARTS) is 1. The van der Waals surface area contributed by atoms with Crippen molar-refractivity contribution in [2.45, 2.75) is 71.0 Å². The minimum Gasteiger partial charge on any atom is -0.481 e. The Balaban J connectivity index is 1.90. The van der Waals surface area contributed by atoms with Crippen molar-refractivity contribution in [1.29, 1.82) is 0 Å². The van der Waals surface area contributed by atoms with E-state index in [2.05, 4.69) is 6.92 Å². The fourth-order valence-electron chi connectivity index (χ4n) is 5.98. The van der Waals surface area contributed by atoms with Gasteiger partial charge in [-0.2, -0.15) is 0 Å². The molecule has 3 fully saturated rings. The molecule has 0 aromatic rings. The summed E-state index contributed by atoms with van der Waals surface area (Å²) in [6.45, 7) is 4.18. The molecule has 21 heavy (non-hydrogen) atoms. The van der Waals surface area contributed by atoms with Gasteiger partial charge in [-0.3, -0.25) is 4.79 Å². The second-order valence-electron chi connectivity index (χ2n) is 8.18. The molecular formula is C17H28O4. The van der Waals surface area contributed by atoms with E-state index in [0.717, 1.165) is 32.1 Å². The Labute approximate surface area is 126 Å². The van der Waals surface area contributed by atoms with E-state index in [-0.39, 0.29) is 23.9 Å². The van der Waals surface area contributed by atoms with E-state index in [9.17, 15) is 20.1 Å². The second kappa shape index (κ2) is 4.95. The average molecular weight is 296 g/mol. The van der Waals surface area contributed by atoms with Gasteiger partial charge in [0.05, 0.1) is 18.6 Å². The minimum atomic E-state index is -0.808. The van der Waals surface area contributed by atoms with Crippen LogP contribution in [0.3, 0.4) is 0 Å².